The summed E-state index contributed by atoms with van der Waals surface area (Å²) in [6, 6.07) is 10.5. The monoisotopic (exact) mass is 373 g/mol. The molecule has 0 saturated carbocycles. The van der Waals surface area contributed by atoms with E-state index in [4.69, 9.17) is 10.5 Å². The second-order valence-electron chi connectivity index (χ2n) is 3.68. The Bertz CT molecular complexity index is 575. The molecule has 0 saturated heterocycles. The third kappa shape index (κ3) is 3.03. The van der Waals surface area contributed by atoms with Gasteiger partial charge < -0.3 is 10.5 Å². The van der Waals surface area contributed by atoms with Crippen molar-refractivity contribution in [2.75, 3.05) is 5.73 Å². The van der Waals surface area contributed by atoms with E-state index in [0.717, 1.165) is 10.0 Å². The molecule has 2 aromatic rings. The highest BCUT2D eigenvalue weighted by atomic mass is 79.9. The minimum absolute atomic E-state index is 0.280. The molecule has 5 heteroatoms. The Morgan fingerprint density at radius 1 is 1.11 bits per heavy atom. The van der Waals surface area contributed by atoms with E-state index in [0.29, 0.717) is 16.8 Å². The van der Waals surface area contributed by atoms with Crippen molar-refractivity contribution in [3.8, 4) is 5.75 Å². The zero-order valence-corrected chi connectivity index (χ0v) is 12.5. The second-order valence-corrected chi connectivity index (χ2v) is 5.39. The summed E-state index contributed by atoms with van der Waals surface area (Å²) >= 11 is 6.54. The molecule has 0 atom stereocenters. The Labute approximate surface area is 121 Å². The number of nitrogens with two attached hydrogens (primary N) is 1. The van der Waals surface area contributed by atoms with Gasteiger partial charge >= 0.3 is 0 Å². The first-order valence-corrected chi connectivity index (χ1v) is 6.77. The highest BCUT2D eigenvalue weighted by molar-refractivity contribution is 9.10. The van der Waals surface area contributed by atoms with Gasteiger partial charge in [-0.15, -0.1) is 0 Å². The molecule has 0 spiro atoms. The van der Waals surface area contributed by atoms with Gasteiger partial charge in [0.15, 0.2) is 0 Å². The van der Waals surface area contributed by atoms with E-state index in [2.05, 4.69) is 31.9 Å². The van der Waals surface area contributed by atoms with Gasteiger partial charge in [-0.25, -0.2) is 4.39 Å². The minimum atomic E-state index is -0.402. The van der Waals surface area contributed by atoms with E-state index in [9.17, 15) is 4.39 Å². The molecule has 0 unspecified atom stereocenters. The molecule has 0 aliphatic heterocycles. The van der Waals surface area contributed by atoms with E-state index in [1.807, 2.05) is 24.3 Å². The first-order chi connectivity index (χ1) is 8.58. The van der Waals surface area contributed by atoms with Crippen LogP contribution in [0, 0.1) is 5.82 Å². The number of anilines is 1. The van der Waals surface area contributed by atoms with Crippen LogP contribution in [0.25, 0.3) is 0 Å². The number of halogens is 3. The smallest absolute Gasteiger partial charge is 0.144 e. The maximum Gasteiger partial charge on any atom is 0.144 e. The van der Waals surface area contributed by atoms with Gasteiger partial charge in [-0.1, -0.05) is 34.1 Å². The maximum absolute atomic E-state index is 13.2. The highest BCUT2D eigenvalue weighted by Crippen LogP contribution is 2.29. The van der Waals surface area contributed by atoms with Crippen LogP contribution in [0.3, 0.4) is 0 Å². The summed E-state index contributed by atoms with van der Waals surface area (Å²) in [5.74, 6) is 0.0553. The average molecular weight is 375 g/mol. The number of nitrogen functional groups attached to an aromatic ring is 1. The lowest BCUT2D eigenvalue weighted by Gasteiger charge is -2.10. The van der Waals surface area contributed by atoms with Gasteiger partial charge in [-0.05, 0) is 28.1 Å². The van der Waals surface area contributed by atoms with Gasteiger partial charge in [-0.2, -0.15) is 0 Å². The Morgan fingerprint density at radius 3 is 2.56 bits per heavy atom. The predicted octanol–water partition coefficient (Wildman–Crippen LogP) is 4.51. The standard InChI is InChI=1S/C13H10Br2FNO/c14-9-4-2-1-3-8(9)7-18-13-5-10(15)11(16)6-12(13)17/h1-6H,7,17H2. The van der Waals surface area contributed by atoms with Crippen molar-refractivity contribution in [3.05, 3.63) is 56.7 Å². The zero-order chi connectivity index (χ0) is 13.1. The fraction of sp³-hybridized carbons (Fsp3) is 0.0769. The Balaban J connectivity index is 2.16. The van der Waals surface area contributed by atoms with Crippen molar-refractivity contribution in [2.45, 2.75) is 6.61 Å². The van der Waals surface area contributed by atoms with Crippen molar-refractivity contribution < 1.29 is 9.13 Å². The summed E-state index contributed by atoms with van der Waals surface area (Å²) in [5.41, 5.74) is 6.97. The molecule has 0 heterocycles. The van der Waals surface area contributed by atoms with Crippen LogP contribution < -0.4 is 10.5 Å². The molecule has 18 heavy (non-hydrogen) atoms. The average Bonchev–Trinajstić information content (AvgIpc) is 2.34. The predicted molar refractivity (Wildman–Crippen MR) is 77.0 cm³/mol. The molecular weight excluding hydrogens is 365 g/mol. The van der Waals surface area contributed by atoms with Crippen molar-refractivity contribution >= 4 is 37.5 Å². The van der Waals surface area contributed by atoms with E-state index >= 15 is 0 Å². The van der Waals surface area contributed by atoms with E-state index < -0.39 is 5.82 Å². The molecule has 0 aliphatic rings. The third-order valence-corrected chi connectivity index (χ3v) is 3.78. The molecule has 0 fully saturated rings. The summed E-state index contributed by atoms with van der Waals surface area (Å²) in [6.45, 7) is 0.365. The van der Waals surface area contributed by atoms with Crippen molar-refractivity contribution in [1.82, 2.24) is 0 Å². The van der Waals surface area contributed by atoms with Gasteiger partial charge in [0.25, 0.3) is 0 Å². The molecule has 0 bridgehead atoms. The van der Waals surface area contributed by atoms with Crippen LogP contribution in [-0.2, 0) is 6.61 Å². The second kappa shape index (κ2) is 5.71. The fourth-order valence-electron chi connectivity index (χ4n) is 1.44. The number of hydrogen-bond acceptors (Lipinski definition) is 2. The summed E-state index contributed by atoms with van der Waals surface area (Å²) in [6.07, 6.45) is 0. The first-order valence-electron chi connectivity index (χ1n) is 5.18. The molecule has 2 nitrogen and oxygen atoms in total. The lowest BCUT2D eigenvalue weighted by molar-refractivity contribution is 0.306. The third-order valence-electron chi connectivity index (χ3n) is 2.39. The van der Waals surface area contributed by atoms with Crippen molar-refractivity contribution in [1.29, 1.82) is 0 Å². The molecule has 0 radical (unpaired) electrons. The number of benzene rings is 2. The maximum atomic E-state index is 13.2. The lowest BCUT2D eigenvalue weighted by Crippen LogP contribution is -2.00. The fourth-order valence-corrected chi connectivity index (χ4v) is 2.16. The van der Waals surface area contributed by atoms with E-state index in [-0.39, 0.29) is 5.69 Å². The SMILES string of the molecule is Nc1cc(F)c(Br)cc1OCc1ccccc1Br. The van der Waals surface area contributed by atoms with Crippen LogP contribution in [0.15, 0.2) is 45.3 Å². The highest BCUT2D eigenvalue weighted by Gasteiger charge is 2.08. The van der Waals surface area contributed by atoms with Crippen LogP contribution in [0.2, 0.25) is 0 Å². The zero-order valence-electron chi connectivity index (χ0n) is 9.29. The van der Waals surface area contributed by atoms with Crippen LogP contribution in [0.4, 0.5) is 10.1 Å². The quantitative estimate of drug-likeness (QED) is 0.802. The molecule has 2 N–H and O–H groups in total. The Kier molecular flexibility index (Phi) is 4.24. The van der Waals surface area contributed by atoms with Crippen molar-refractivity contribution in [2.24, 2.45) is 0 Å². The van der Waals surface area contributed by atoms with E-state index in [1.54, 1.807) is 0 Å². The number of hydrogen-bond donors (Lipinski definition) is 1. The molecule has 94 valence electrons. The number of rotatable bonds is 3. The first kappa shape index (κ1) is 13.4. The molecule has 0 amide bonds. The summed E-state index contributed by atoms with van der Waals surface area (Å²) in [4.78, 5) is 0. The van der Waals surface area contributed by atoms with Gasteiger partial charge in [0.1, 0.15) is 18.2 Å². The molecule has 2 rings (SSSR count). The molecule has 0 aliphatic carbocycles. The molecule has 2 aromatic carbocycles. The Morgan fingerprint density at radius 2 is 1.83 bits per heavy atom. The topological polar surface area (TPSA) is 35.2 Å². The van der Waals surface area contributed by atoms with Crippen LogP contribution in [-0.4, -0.2) is 0 Å². The van der Waals surface area contributed by atoms with Crippen LogP contribution in [0.5, 0.6) is 5.75 Å². The summed E-state index contributed by atoms with van der Waals surface area (Å²) in [7, 11) is 0. The van der Waals surface area contributed by atoms with Crippen molar-refractivity contribution in [3.63, 3.8) is 0 Å². The van der Waals surface area contributed by atoms with Gasteiger partial charge in [0, 0.05) is 16.1 Å². The lowest BCUT2D eigenvalue weighted by atomic mass is 10.2. The van der Waals surface area contributed by atoms with Crippen LogP contribution >= 0.6 is 31.9 Å². The largest absolute Gasteiger partial charge is 0.487 e. The van der Waals surface area contributed by atoms with Crippen LogP contribution in [0.1, 0.15) is 5.56 Å². The minimum Gasteiger partial charge on any atom is -0.487 e. The van der Waals surface area contributed by atoms with E-state index in [1.165, 1.54) is 12.1 Å². The normalized spacial score (nSPS) is 10.4. The summed E-state index contributed by atoms with van der Waals surface area (Å²) in [5, 5.41) is 0. The Hall–Kier alpha value is -1.07. The van der Waals surface area contributed by atoms with Gasteiger partial charge in [-0.3, -0.25) is 0 Å². The van der Waals surface area contributed by atoms with Gasteiger partial charge in [0.2, 0.25) is 0 Å². The molecular formula is C13H10Br2FNO. The molecule has 0 aromatic heterocycles. The summed E-state index contributed by atoms with van der Waals surface area (Å²) < 4.78 is 20.1. The van der Waals surface area contributed by atoms with Gasteiger partial charge in [0.05, 0.1) is 10.2 Å². The number of ether oxygens (including phenoxy) is 1.